The summed E-state index contributed by atoms with van der Waals surface area (Å²) < 4.78 is 5.59. The zero-order valence-corrected chi connectivity index (χ0v) is 15.9. The molecule has 0 saturated heterocycles. The summed E-state index contributed by atoms with van der Waals surface area (Å²) in [7, 11) is 0. The Hall–Kier alpha value is -2.60. The first-order valence-corrected chi connectivity index (χ1v) is 9.47. The van der Waals surface area contributed by atoms with Crippen LogP contribution in [0.4, 0.5) is 6.01 Å². The van der Waals surface area contributed by atoms with Gasteiger partial charge in [-0.1, -0.05) is 42.4 Å². The van der Waals surface area contributed by atoms with Crippen LogP contribution < -0.4 is 5.32 Å². The first-order chi connectivity index (χ1) is 12.6. The summed E-state index contributed by atoms with van der Waals surface area (Å²) in [5.74, 6) is 1.12. The predicted octanol–water partition coefficient (Wildman–Crippen LogP) is 4.64. The Balaban J connectivity index is 1.70. The van der Waals surface area contributed by atoms with Gasteiger partial charge in [0, 0.05) is 4.90 Å². The molecule has 134 valence electrons. The molecule has 0 aliphatic heterocycles. The van der Waals surface area contributed by atoms with Gasteiger partial charge in [-0.05, 0) is 48.4 Å². The van der Waals surface area contributed by atoms with Crippen molar-refractivity contribution in [3.63, 3.8) is 0 Å². The molecule has 1 aromatic heterocycles. The van der Waals surface area contributed by atoms with E-state index in [1.165, 1.54) is 11.1 Å². The first kappa shape index (κ1) is 18.2. The summed E-state index contributed by atoms with van der Waals surface area (Å²) in [6, 6.07) is 13.8. The molecule has 6 heteroatoms. The molecule has 0 atom stereocenters. The van der Waals surface area contributed by atoms with E-state index < -0.39 is 0 Å². The number of amides is 1. The zero-order chi connectivity index (χ0) is 18.5. The summed E-state index contributed by atoms with van der Waals surface area (Å²) in [6.07, 6.45) is 0.534. The summed E-state index contributed by atoms with van der Waals surface area (Å²) >= 11 is 1.62. The molecule has 0 aliphatic carbocycles. The Morgan fingerprint density at radius 3 is 2.69 bits per heavy atom. The summed E-state index contributed by atoms with van der Waals surface area (Å²) in [6.45, 7) is 6.20. The third-order valence-electron chi connectivity index (χ3n) is 4.05. The minimum absolute atomic E-state index is 0.116. The SMILES string of the molecule is CCSc1ccccc1C(=O)Nc1nnc(Cc2ccc(C)c(C)c2)o1. The Labute approximate surface area is 157 Å². The molecule has 0 radical (unpaired) electrons. The number of nitrogens with one attached hydrogen (secondary N) is 1. The Kier molecular flexibility index (Phi) is 5.73. The average Bonchev–Trinajstić information content (AvgIpc) is 3.06. The first-order valence-electron chi connectivity index (χ1n) is 8.48. The predicted molar refractivity (Wildman–Crippen MR) is 104 cm³/mol. The van der Waals surface area contributed by atoms with Crippen molar-refractivity contribution in [2.24, 2.45) is 0 Å². The number of rotatable bonds is 6. The second-order valence-corrected chi connectivity index (χ2v) is 7.29. The number of carbonyl (C=O) groups is 1. The molecule has 1 N–H and O–H groups in total. The van der Waals surface area contributed by atoms with Crippen LogP contribution >= 0.6 is 11.8 Å². The molecule has 0 saturated carbocycles. The number of aryl methyl sites for hydroxylation is 2. The topological polar surface area (TPSA) is 68.0 Å². The van der Waals surface area contributed by atoms with Gasteiger partial charge in [0.15, 0.2) is 0 Å². The number of anilines is 1. The van der Waals surface area contributed by atoms with Gasteiger partial charge >= 0.3 is 6.01 Å². The van der Waals surface area contributed by atoms with Gasteiger partial charge in [-0.25, -0.2) is 0 Å². The Bertz CT molecular complexity index is 921. The highest BCUT2D eigenvalue weighted by Crippen LogP contribution is 2.23. The van der Waals surface area contributed by atoms with E-state index in [0.717, 1.165) is 16.2 Å². The number of hydrogen-bond acceptors (Lipinski definition) is 5. The highest BCUT2D eigenvalue weighted by Gasteiger charge is 2.15. The normalized spacial score (nSPS) is 10.7. The standard InChI is InChI=1S/C20H21N3O2S/c1-4-26-17-8-6-5-7-16(17)19(24)21-20-23-22-18(25-20)12-15-10-9-13(2)14(3)11-15/h5-11H,4,12H2,1-3H3,(H,21,23,24). The monoisotopic (exact) mass is 367 g/mol. The molecule has 1 heterocycles. The zero-order valence-electron chi connectivity index (χ0n) is 15.1. The molecule has 0 aliphatic rings. The maximum atomic E-state index is 12.5. The van der Waals surface area contributed by atoms with Crippen molar-refractivity contribution in [3.05, 3.63) is 70.6 Å². The van der Waals surface area contributed by atoms with Gasteiger partial charge in [0.25, 0.3) is 5.91 Å². The fourth-order valence-electron chi connectivity index (χ4n) is 2.56. The number of aromatic nitrogens is 2. The lowest BCUT2D eigenvalue weighted by Crippen LogP contribution is -2.13. The molecule has 0 spiro atoms. The number of benzene rings is 2. The molecule has 2 aromatic carbocycles. The third-order valence-corrected chi connectivity index (χ3v) is 5.00. The van der Waals surface area contributed by atoms with E-state index in [2.05, 4.69) is 48.4 Å². The summed E-state index contributed by atoms with van der Waals surface area (Å²) in [5, 5.41) is 10.7. The van der Waals surface area contributed by atoms with Crippen LogP contribution in [0, 0.1) is 13.8 Å². The van der Waals surface area contributed by atoms with Gasteiger partial charge in [-0.2, -0.15) is 0 Å². The Morgan fingerprint density at radius 1 is 1.12 bits per heavy atom. The van der Waals surface area contributed by atoms with E-state index in [4.69, 9.17) is 4.42 Å². The molecule has 0 fully saturated rings. The molecule has 3 rings (SSSR count). The number of carbonyl (C=O) groups excluding carboxylic acids is 1. The lowest BCUT2D eigenvalue weighted by atomic mass is 10.0. The molecular weight excluding hydrogens is 346 g/mol. The van der Waals surface area contributed by atoms with Crippen molar-refractivity contribution in [2.45, 2.75) is 32.1 Å². The summed E-state index contributed by atoms with van der Waals surface area (Å²) in [5.41, 5.74) is 4.17. The number of hydrogen-bond donors (Lipinski definition) is 1. The van der Waals surface area contributed by atoms with E-state index in [1.807, 2.05) is 24.3 Å². The van der Waals surface area contributed by atoms with E-state index in [1.54, 1.807) is 17.8 Å². The minimum Gasteiger partial charge on any atom is -0.407 e. The lowest BCUT2D eigenvalue weighted by Gasteiger charge is -2.06. The van der Waals surface area contributed by atoms with Crippen LogP contribution in [0.25, 0.3) is 0 Å². The van der Waals surface area contributed by atoms with Gasteiger partial charge in [-0.15, -0.1) is 16.9 Å². The van der Waals surface area contributed by atoms with Crippen LogP contribution in [0.15, 0.2) is 51.8 Å². The molecule has 5 nitrogen and oxygen atoms in total. The smallest absolute Gasteiger partial charge is 0.322 e. The molecular formula is C20H21N3O2S. The molecule has 0 bridgehead atoms. The van der Waals surface area contributed by atoms with Crippen molar-refractivity contribution in [3.8, 4) is 0 Å². The highest BCUT2D eigenvalue weighted by molar-refractivity contribution is 7.99. The quantitative estimate of drug-likeness (QED) is 0.643. The molecule has 26 heavy (non-hydrogen) atoms. The van der Waals surface area contributed by atoms with Gasteiger partial charge in [0.1, 0.15) is 0 Å². The van der Waals surface area contributed by atoms with E-state index in [-0.39, 0.29) is 11.9 Å². The van der Waals surface area contributed by atoms with Gasteiger partial charge in [0.05, 0.1) is 12.0 Å². The number of thioether (sulfide) groups is 1. The van der Waals surface area contributed by atoms with Crippen molar-refractivity contribution < 1.29 is 9.21 Å². The van der Waals surface area contributed by atoms with Crippen LogP contribution in [0.1, 0.15) is 39.9 Å². The second-order valence-electron chi connectivity index (χ2n) is 5.98. The maximum absolute atomic E-state index is 12.5. The largest absolute Gasteiger partial charge is 0.407 e. The Morgan fingerprint density at radius 2 is 1.92 bits per heavy atom. The minimum atomic E-state index is -0.247. The van der Waals surface area contributed by atoms with Crippen LogP contribution in [0.3, 0.4) is 0 Å². The average molecular weight is 367 g/mol. The van der Waals surface area contributed by atoms with E-state index >= 15 is 0 Å². The van der Waals surface area contributed by atoms with Crippen LogP contribution in [0.5, 0.6) is 0 Å². The van der Waals surface area contributed by atoms with Crippen molar-refractivity contribution >= 4 is 23.7 Å². The maximum Gasteiger partial charge on any atom is 0.322 e. The lowest BCUT2D eigenvalue weighted by molar-refractivity contribution is 0.102. The van der Waals surface area contributed by atoms with Gasteiger partial charge in [-0.3, -0.25) is 10.1 Å². The van der Waals surface area contributed by atoms with Crippen molar-refractivity contribution in [1.82, 2.24) is 10.2 Å². The number of nitrogens with zero attached hydrogens (tertiary/aromatic N) is 2. The van der Waals surface area contributed by atoms with Crippen LogP contribution in [-0.4, -0.2) is 21.9 Å². The van der Waals surface area contributed by atoms with E-state index in [0.29, 0.717) is 17.9 Å². The summed E-state index contributed by atoms with van der Waals surface area (Å²) in [4.78, 5) is 13.4. The van der Waals surface area contributed by atoms with E-state index in [9.17, 15) is 4.79 Å². The van der Waals surface area contributed by atoms with Gasteiger partial charge in [0.2, 0.25) is 5.89 Å². The third kappa shape index (κ3) is 4.32. The van der Waals surface area contributed by atoms with Crippen molar-refractivity contribution in [1.29, 1.82) is 0 Å². The van der Waals surface area contributed by atoms with Crippen molar-refractivity contribution in [2.75, 3.05) is 11.1 Å². The fourth-order valence-corrected chi connectivity index (χ4v) is 3.37. The van der Waals surface area contributed by atoms with Gasteiger partial charge < -0.3 is 4.42 Å². The highest BCUT2D eigenvalue weighted by atomic mass is 32.2. The fraction of sp³-hybridized carbons (Fsp3) is 0.250. The van der Waals surface area contributed by atoms with Crippen LogP contribution in [0.2, 0.25) is 0 Å². The molecule has 1 amide bonds. The molecule has 3 aromatic rings. The molecule has 0 unspecified atom stereocenters. The second kappa shape index (κ2) is 8.19. The van der Waals surface area contributed by atoms with Crippen LogP contribution in [-0.2, 0) is 6.42 Å².